The Morgan fingerprint density at radius 3 is 2.58 bits per heavy atom. The number of alkyl halides is 3. The van der Waals surface area contributed by atoms with Gasteiger partial charge in [-0.2, -0.15) is 13.2 Å². The van der Waals surface area contributed by atoms with Gasteiger partial charge < -0.3 is 10.1 Å². The lowest BCUT2D eigenvalue weighted by atomic mass is 10.0. The predicted octanol–water partition coefficient (Wildman–Crippen LogP) is 4.20. The van der Waals surface area contributed by atoms with Crippen LogP contribution in [0.25, 0.3) is 0 Å². The molecule has 0 amide bonds. The molecule has 2 nitrogen and oxygen atoms in total. The number of anilines is 1. The van der Waals surface area contributed by atoms with E-state index in [2.05, 4.69) is 5.32 Å². The molecule has 1 aromatic carbocycles. The Kier molecular flexibility index (Phi) is 4.58. The van der Waals surface area contributed by atoms with Crippen LogP contribution in [0.4, 0.5) is 18.9 Å². The molecule has 0 spiro atoms. The van der Waals surface area contributed by atoms with Gasteiger partial charge in [0.25, 0.3) is 0 Å². The molecule has 19 heavy (non-hydrogen) atoms. The standard InChI is InChI=1S/C13H15ClF3NO/c14-11-2-1-10(13(15,16)17)7-12(11)18-8-9-3-5-19-6-4-9/h1-2,7,9,18H,3-6,8H2. The van der Waals surface area contributed by atoms with Crippen LogP contribution in [0.15, 0.2) is 18.2 Å². The Labute approximate surface area is 114 Å². The van der Waals surface area contributed by atoms with Gasteiger partial charge in [0.1, 0.15) is 0 Å². The summed E-state index contributed by atoms with van der Waals surface area (Å²) < 4.78 is 43.1. The SMILES string of the molecule is FC(F)(F)c1ccc(Cl)c(NCC2CCOCC2)c1. The zero-order valence-corrected chi connectivity index (χ0v) is 11.0. The molecule has 1 N–H and O–H groups in total. The quantitative estimate of drug-likeness (QED) is 0.902. The van der Waals surface area contributed by atoms with E-state index < -0.39 is 11.7 Å². The topological polar surface area (TPSA) is 21.3 Å². The molecule has 106 valence electrons. The minimum absolute atomic E-state index is 0.306. The average Bonchev–Trinajstić information content (AvgIpc) is 2.37. The molecular weight excluding hydrogens is 279 g/mol. The summed E-state index contributed by atoms with van der Waals surface area (Å²) in [7, 11) is 0. The first-order valence-electron chi connectivity index (χ1n) is 6.15. The van der Waals surface area contributed by atoms with Gasteiger partial charge in [-0.05, 0) is 37.0 Å². The number of benzene rings is 1. The minimum atomic E-state index is -4.35. The highest BCUT2D eigenvalue weighted by molar-refractivity contribution is 6.33. The lowest BCUT2D eigenvalue weighted by Crippen LogP contribution is -2.22. The maximum atomic E-state index is 12.6. The molecule has 0 aliphatic carbocycles. The van der Waals surface area contributed by atoms with Crippen molar-refractivity contribution in [2.75, 3.05) is 25.1 Å². The number of halogens is 4. The van der Waals surface area contributed by atoms with E-state index in [9.17, 15) is 13.2 Å². The van der Waals surface area contributed by atoms with E-state index in [0.717, 1.165) is 25.0 Å². The number of hydrogen-bond donors (Lipinski definition) is 1. The van der Waals surface area contributed by atoms with Crippen LogP contribution in [-0.4, -0.2) is 19.8 Å². The molecule has 0 saturated carbocycles. The fourth-order valence-electron chi connectivity index (χ4n) is 2.04. The van der Waals surface area contributed by atoms with Gasteiger partial charge in [-0.25, -0.2) is 0 Å². The van der Waals surface area contributed by atoms with Crippen LogP contribution in [0.5, 0.6) is 0 Å². The molecule has 6 heteroatoms. The second-order valence-electron chi connectivity index (χ2n) is 4.63. The summed E-state index contributed by atoms with van der Waals surface area (Å²) in [5, 5.41) is 3.31. The summed E-state index contributed by atoms with van der Waals surface area (Å²) in [5.41, 5.74) is -0.352. The summed E-state index contributed by atoms with van der Waals surface area (Å²) in [6, 6.07) is 3.32. The second kappa shape index (κ2) is 6.01. The molecule has 1 heterocycles. The molecule has 0 aromatic heterocycles. The van der Waals surface area contributed by atoms with Crippen LogP contribution in [-0.2, 0) is 10.9 Å². The second-order valence-corrected chi connectivity index (χ2v) is 5.04. The van der Waals surface area contributed by atoms with Gasteiger partial charge in [-0.1, -0.05) is 11.6 Å². The first kappa shape index (κ1) is 14.5. The van der Waals surface area contributed by atoms with Crippen LogP contribution < -0.4 is 5.32 Å². The fourth-order valence-corrected chi connectivity index (χ4v) is 2.23. The average molecular weight is 294 g/mol. The van der Waals surface area contributed by atoms with Crippen LogP contribution in [0, 0.1) is 5.92 Å². The Hall–Kier alpha value is -0.940. The van der Waals surface area contributed by atoms with Crippen molar-refractivity contribution in [3.63, 3.8) is 0 Å². The van der Waals surface area contributed by atoms with E-state index in [1.54, 1.807) is 0 Å². The summed E-state index contributed by atoms with van der Waals surface area (Å²) in [5.74, 6) is 0.416. The van der Waals surface area contributed by atoms with Gasteiger partial charge in [0.05, 0.1) is 16.3 Å². The molecule has 0 radical (unpaired) electrons. The lowest BCUT2D eigenvalue weighted by Gasteiger charge is -2.23. The number of hydrogen-bond acceptors (Lipinski definition) is 2. The third kappa shape index (κ3) is 4.01. The van der Waals surface area contributed by atoms with Crippen molar-refractivity contribution < 1.29 is 17.9 Å². The van der Waals surface area contributed by atoms with E-state index in [0.29, 0.717) is 36.4 Å². The summed E-state index contributed by atoms with van der Waals surface area (Å²) in [6.45, 7) is 2.04. The molecule has 1 fully saturated rings. The monoisotopic (exact) mass is 293 g/mol. The molecular formula is C13H15ClF3NO. The first-order chi connectivity index (χ1) is 8.97. The summed E-state index contributed by atoms with van der Waals surface area (Å²) in [6.07, 6.45) is -2.51. The molecule has 1 saturated heterocycles. The van der Waals surface area contributed by atoms with E-state index in [-0.39, 0.29) is 0 Å². The molecule has 1 aliphatic heterocycles. The molecule has 2 rings (SSSR count). The third-order valence-electron chi connectivity index (χ3n) is 3.22. The van der Waals surface area contributed by atoms with Gasteiger partial charge in [0.15, 0.2) is 0 Å². The fraction of sp³-hybridized carbons (Fsp3) is 0.538. The van der Waals surface area contributed by atoms with E-state index in [4.69, 9.17) is 16.3 Å². The van der Waals surface area contributed by atoms with Crippen molar-refractivity contribution in [2.24, 2.45) is 5.92 Å². The van der Waals surface area contributed by atoms with Crippen molar-refractivity contribution in [3.8, 4) is 0 Å². The van der Waals surface area contributed by atoms with Crippen molar-refractivity contribution in [1.29, 1.82) is 0 Å². The van der Waals surface area contributed by atoms with Crippen molar-refractivity contribution >= 4 is 17.3 Å². The van der Waals surface area contributed by atoms with Crippen molar-refractivity contribution in [2.45, 2.75) is 19.0 Å². The Balaban J connectivity index is 2.02. The number of rotatable bonds is 3. The third-order valence-corrected chi connectivity index (χ3v) is 3.55. The maximum absolute atomic E-state index is 12.6. The molecule has 1 aliphatic rings. The van der Waals surface area contributed by atoms with Crippen molar-refractivity contribution in [3.05, 3.63) is 28.8 Å². The van der Waals surface area contributed by atoms with Crippen molar-refractivity contribution in [1.82, 2.24) is 0 Å². The van der Waals surface area contributed by atoms with Gasteiger partial charge in [0.2, 0.25) is 0 Å². The highest BCUT2D eigenvalue weighted by Gasteiger charge is 2.31. The smallest absolute Gasteiger partial charge is 0.384 e. The molecule has 0 atom stereocenters. The van der Waals surface area contributed by atoms with Gasteiger partial charge in [-0.15, -0.1) is 0 Å². The number of ether oxygens (including phenoxy) is 1. The first-order valence-corrected chi connectivity index (χ1v) is 6.53. The van der Waals surface area contributed by atoms with Gasteiger partial charge in [0, 0.05) is 19.8 Å². The largest absolute Gasteiger partial charge is 0.416 e. The van der Waals surface area contributed by atoms with E-state index in [1.165, 1.54) is 6.07 Å². The summed E-state index contributed by atoms with van der Waals surface area (Å²) >= 11 is 5.91. The minimum Gasteiger partial charge on any atom is -0.384 e. The number of nitrogens with one attached hydrogen (secondary N) is 1. The Morgan fingerprint density at radius 2 is 1.95 bits per heavy atom. The van der Waals surface area contributed by atoms with Crippen LogP contribution in [0.1, 0.15) is 18.4 Å². The zero-order valence-electron chi connectivity index (χ0n) is 10.3. The van der Waals surface area contributed by atoms with Crippen LogP contribution >= 0.6 is 11.6 Å². The highest BCUT2D eigenvalue weighted by atomic mass is 35.5. The molecule has 0 bridgehead atoms. The van der Waals surface area contributed by atoms with Gasteiger partial charge in [-0.3, -0.25) is 0 Å². The normalized spacial score (nSPS) is 17.5. The molecule has 0 unspecified atom stereocenters. The zero-order chi connectivity index (χ0) is 13.9. The van der Waals surface area contributed by atoms with E-state index >= 15 is 0 Å². The summed E-state index contributed by atoms with van der Waals surface area (Å²) in [4.78, 5) is 0. The Bertz CT molecular complexity index is 430. The molecule has 1 aromatic rings. The predicted molar refractivity (Wildman–Crippen MR) is 68.5 cm³/mol. The maximum Gasteiger partial charge on any atom is 0.416 e. The van der Waals surface area contributed by atoms with Crippen LogP contribution in [0.2, 0.25) is 5.02 Å². The van der Waals surface area contributed by atoms with Crippen LogP contribution in [0.3, 0.4) is 0 Å². The van der Waals surface area contributed by atoms with E-state index in [1.807, 2.05) is 0 Å². The lowest BCUT2D eigenvalue weighted by molar-refractivity contribution is -0.137. The van der Waals surface area contributed by atoms with Gasteiger partial charge >= 0.3 is 6.18 Å². The Morgan fingerprint density at radius 1 is 1.26 bits per heavy atom. The highest BCUT2D eigenvalue weighted by Crippen LogP contribution is 2.34.